The second-order valence-corrected chi connectivity index (χ2v) is 3.41. The van der Waals surface area contributed by atoms with Crippen LogP contribution in [0, 0.1) is 0 Å². The van der Waals surface area contributed by atoms with Gasteiger partial charge in [0.2, 0.25) is 0 Å². The second-order valence-electron chi connectivity index (χ2n) is 3.41. The van der Waals surface area contributed by atoms with Gasteiger partial charge in [-0.3, -0.25) is 4.90 Å². The molecule has 13 heavy (non-hydrogen) atoms. The van der Waals surface area contributed by atoms with Gasteiger partial charge in [-0.15, -0.1) is 0 Å². The number of hydrogen-bond donors (Lipinski definition) is 1. The molecule has 1 unspecified atom stereocenters. The van der Waals surface area contributed by atoms with E-state index in [1.54, 1.807) is 0 Å². The summed E-state index contributed by atoms with van der Waals surface area (Å²) in [6.45, 7) is 2.88. The molecule has 0 aromatic heterocycles. The van der Waals surface area contributed by atoms with E-state index >= 15 is 0 Å². The molecule has 1 saturated heterocycles. The average Bonchev–Trinajstić information content (AvgIpc) is 2.01. The summed E-state index contributed by atoms with van der Waals surface area (Å²) < 4.78 is 36.0. The minimum absolute atomic E-state index is 0.219. The maximum Gasteiger partial charge on any atom is 0.401 e. The van der Waals surface area contributed by atoms with E-state index in [0.29, 0.717) is 19.6 Å². The third kappa shape index (κ3) is 3.95. The van der Waals surface area contributed by atoms with E-state index in [-0.39, 0.29) is 6.04 Å². The van der Waals surface area contributed by atoms with Gasteiger partial charge >= 0.3 is 6.18 Å². The molecule has 0 radical (unpaired) electrons. The zero-order valence-electron chi connectivity index (χ0n) is 7.69. The van der Waals surface area contributed by atoms with Crippen molar-refractivity contribution >= 4 is 0 Å². The lowest BCUT2D eigenvalue weighted by molar-refractivity contribution is -0.148. The zero-order chi connectivity index (χ0) is 9.90. The van der Waals surface area contributed by atoms with Crippen molar-refractivity contribution in [2.45, 2.75) is 25.6 Å². The van der Waals surface area contributed by atoms with Crippen molar-refractivity contribution in [3.8, 4) is 0 Å². The van der Waals surface area contributed by atoms with Gasteiger partial charge in [0, 0.05) is 25.7 Å². The van der Waals surface area contributed by atoms with Crippen molar-refractivity contribution in [3.05, 3.63) is 0 Å². The number of piperazine rings is 1. The van der Waals surface area contributed by atoms with Crippen LogP contribution in [-0.4, -0.2) is 43.3 Å². The molecule has 1 N–H and O–H groups in total. The Morgan fingerprint density at radius 3 is 2.69 bits per heavy atom. The average molecular weight is 196 g/mol. The van der Waals surface area contributed by atoms with Crippen LogP contribution >= 0.6 is 0 Å². The molecular weight excluding hydrogens is 181 g/mol. The number of nitrogens with one attached hydrogen (secondary N) is 1. The Bertz CT molecular complexity index is 158. The Morgan fingerprint density at radius 2 is 2.15 bits per heavy atom. The van der Waals surface area contributed by atoms with Gasteiger partial charge in [-0.1, -0.05) is 6.92 Å². The smallest absolute Gasteiger partial charge is 0.311 e. The standard InChI is InChI=1S/C8H15F3N2/c1-2-7-5-13(4-3-12-7)6-8(9,10)11/h7,12H,2-6H2,1H3. The minimum atomic E-state index is -4.06. The molecule has 0 aliphatic carbocycles. The third-order valence-electron chi connectivity index (χ3n) is 2.24. The van der Waals surface area contributed by atoms with Crippen LogP contribution in [-0.2, 0) is 0 Å². The highest BCUT2D eigenvalue weighted by molar-refractivity contribution is 4.78. The Balaban J connectivity index is 2.34. The molecule has 78 valence electrons. The van der Waals surface area contributed by atoms with Crippen LogP contribution in [0.1, 0.15) is 13.3 Å². The predicted molar refractivity (Wildman–Crippen MR) is 44.6 cm³/mol. The molecule has 0 bridgehead atoms. The number of alkyl halides is 3. The molecule has 0 spiro atoms. The molecule has 2 nitrogen and oxygen atoms in total. The molecular formula is C8H15F3N2. The second kappa shape index (κ2) is 4.28. The highest BCUT2D eigenvalue weighted by Crippen LogP contribution is 2.17. The lowest BCUT2D eigenvalue weighted by Crippen LogP contribution is -2.52. The predicted octanol–water partition coefficient (Wildman–Crippen LogP) is 1.23. The van der Waals surface area contributed by atoms with E-state index in [4.69, 9.17) is 0 Å². The maximum atomic E-state index is 12.0. The lowest BCUT2D eigenvalue weighted by atomic mass is 10.1. The van der Waals surface area contributed by atoms with Crippen molar-refractivity contribution in [1.82, 2.24) is 10.2 Å². The van der Waals surface area contributed by atoms with Crippen molar-refractivity contribution in [3.63, 3.8) is 0 Å². The first-order valence-electron chi connectivity index (χ1n) is 4.54. The SMILES string of the molecule is CCC1CN(CC(F)(F)F)CCN1. The van der Waals surface area contributed by atoms with Gasteiger partial charge < -0.3 is 5.32 Å². The summed E-state index contributed by atoms with van der Waals surface area (Å²) in [6.07, 6.45) is -3.18. The zero-order valence-corrected chi connectivity index (χ0v) is 7.69. The molecule has 1 rings (SSSR count). The van der Waals surface area contributed by atoms with Crippen LogP contribution in [0.2, 0.25) is 0 Å². The van der Waals surface area contributed by atoms with Crippen molar-refractivity contribution in [2.24, 2.45) is 0 Å². The van der Waals surface area contributed by atoms with Crippen molar-refractivity contribution in [2.75, 3.05) is 26.2 Å². The molecule has 1 atom stereocenters. The van der Waals surface area contributed by atoms with Gasteiger partial charge in [-0.2, -0.15) is 13.2 Å². The quantitative estimate of drug-likeness (QED) is 0.714. The first-order chi connectivity index (χ1) is 6.01. The van der Waals surface area contributed by atoms with E-state index in [0.717, 1.165) is 6.42 Å². The van der Waals surface area contributed by atoms with Crippen LogP contribution in [0.4, 0.5) is 13.2 Å². The third-order valence-corrected chi connectivity index (χ3v) is 2.24. The summed E-state index contributed by atoms with van der Waals surface area (Å²) in [5.41, 5.74) is 0. The minimum Gasteiger partial charge on any atom is -0.311 e. The number of hydrogen-bond acceptors (Lipinski definition) is 2. The fraction of sp³-hybridized carbons (Fsp3) is 1.00. The fourth-order valence-corrected chi connectivity index (χ4v) is 1.56. The van der Waals surface area contributed by atoms with E-state index in [2.05, 4.69) is 5.32 Å². The number of halogens is 3. The summed E-state index contributed by atoms with van der Waals surface area (Å²) in [7, 11) is 0. The Morgan fingerprint density at radius 1 is 1.46 bits per heavy atom. The number of rotatable bonds is 2. The molecule has 0 aromatic rings. The van der Waals surface area contributed by atoms with Crippen molar-refractivity contribution < 1.29 is 13.2 Å². The van der Waals surface area contributed by atoms with Crippen molar-refractivity contribution in [1.29, 1.82) is 0 Å². The Hall–Kier alpha value is -0.290. The molecule has 0 aromatic carbocycles. The summed E-state index contributed by atoms with van der Waals surface area (Å²) in [5, 5.41) is 3.18. The molecule has 1 aliphatic heterocycles. The van der Waals surface area contributed by atoms with Gasteiger partial charge in [0.1, 0.15) is 0 Å². The highest BCUT2D eigenvalue weighted by atomic mass is 19.4. The van der Waals surface area contributed by atoms with E-state index in [1.807, 2.05) is 6.92 Å². The first-order valence-corrected chi connectivity index (χ1v) is 4.54. The first kappa shape index (κ1) is 10.8. The van der Waals surface area contributed by atoms with Crippen LogP contribution in [0.25, 0.3) is 0 Å². The van der Waals surface area contributed by atoms with Crippen LogP contribution in [0.15, 0.2) is 0 Å². The van der Waals surface area contributed by atoms with Gasteiger partial charge in [-0.25, -0.2) is 0 Å². The van der Waals surface area contributed by atoms with Gasteiger partial charge in [-0.05, 0) is 6.42 Å². The largest absolute Gasteiger partial charge is 0.401 e. The van der Waals surface area contributed by atoms with Crippen LogP contribution in [0.3, 0.4) is 0 Å². The summed E-state index contributed by atoms with van der Waals surface area (Å²) >= 11 is 0. The normalized spacial score (nSPS) is 26.3. The lowest BCUT2D eigenvalue weighted by Gasteiger charge is -2.33. The topological polar surface area (TPSA) is 15.3 Å². The summed E-state index contributed by atoms with van der Waals surface area (Å²) in [4.78, 5) is 1.46. The van der Waals surface area contributed by atoms with Gasteiger partial charge in [0.05, 0.1) is 6.54 Å². The Kier molecular flexibility index (Phi) is 3.55. The number of nitrogens with zero attached hydrogens (tertiary/aromatic N) is 1. The van der Waals surface area contributed by atoms with Gasteiger partial charge in [0.15, 0.2) is 0 Å². The van der Waals surface area contributed by atoms with E-state index in [1.165, 1.54) is 4.90 Å². The van der Waals surface area contributed by atoms with Crippen LogP contribution in [0.5, 0.6) is 0 Å². The highest BCUT2D eigenvalue weighted by Gasteiger charge is 2.32. The molecule has 0 amide bonds. The van der Waals surface area contributed by atoms with E-state index < -0.39 is 12.7 Å². The van der Waals surface area contributed by atoms with E-state index in [9.17, 15) is 13.2 Å². The van der Waals surface area contributed by atoms with Crippen LogP contribution < -0.4 is 5.32 Å². The molecule has 5 heteroatoms. The fourth-order valence-electron chi connectivity index (χ4n) is 1.56. The molecule has 0 saturated carbocycles. The molecule has 1 fully saturated rings. The summed E-state index contributed by atoms with van der Waals surface area (Å²) in [6, 6.07) is 0.219. The van der Waals surface area contributed by atoms with Gasteiger partial charge in [0.25, 0.3) is 0 Å². The monoisotopic (exact) mass is 196 g/mol. The Labute approximate surface area is 76.1 Å². The maximum absolute atomic E-state index is 12.0. The molecule has 1 aliphatic rings. The summed E-state index contributed by atoms with van der Waals surface area (Å²) in [5.74, 6) is 0. The molecule has 1 heterocycles.